The SMILES string of the molecule is COC(=O)c1cc(-c2nc3ccc(C(F)(F)F)cc3[nH]2)cc2cccnc12. The number of esters is 1. The van der Waals surface area contributed by atoms with Gasteiger partial charge in [-0.15, -0.1) is 0 Å². The van der Waals surface area contributed by atoms with Crippen LogP contribution in [-0.4, -0.2) is 28.0 Å². The third-order valence-corrected chi connectivity index (χ3v) is 4.19. The number of fused-ring (bicyclic) bond motifs is 2. The number of hydrogen-bond donors (Lipinski definition) is 1. The Kier molecular flexibility index (Phi) is 3.83. The standard InChI is InChI=1S/C19H12F3N3O2/c1-27-18(26)13-8-11(7-10-3-2-6-23-16(10)13)17-24-14-5-4-12(19(20,21)22)9-15(14)25-17/h2-9H,1H3,(H,24,25). The Balaban J connectivity index is 1.90. The summed E-state index contributed by atoms with van der Waals surface area (Å²) in [5.41, 5.74) is 1.16. The second kappa shape index (κ2) is 6.08. The molecule has 0 bridgehead atoms. The predicted octanol–water partition coefficient (Wildman–Crippen LogP) is 4.58. The molecule has 0 amide bonds. The summed E-state index contributed by atoms with van der Waals surface area (Å²) >= 11 is 0. The van der Waals surface area contributed by atoms with Crippen molar-refractivity contribution in [2.45, 2.75) is 6.18 Å². The van der Waals surface area contributed by atoms with Crippen LogP contribution in [0.2, 0.25) is 0 Å². The largest absolute Gasteiger partial charge is 0.465 e. The highest BCUT2D eigenvalue weighted by Gasteiger charge is 2.30. The van der Waals surface area contributed by atoms with Gasteiger partial charge in [0.1, 0.15) is 5.82 Å². The van der Waals surface area contributed by atoms with E-state index in [1.54, 1.807) is 30.5 Å². The number of hydrogen-bond acceptors (Lipinski definition) is 4. The van der Waals surface area contributed by atoms with Gasteiger partial charge in [-0.1, -0.05) is 6.07 Å². The van der Waals surface area contributed by atoms with Gasteiger partial charge in [0, 0.05) is 17.1 Å². The summed E-state index contributed by atoms with van der Waals surface area (Å²) in [7, 11) is 1.27. The average molecular weight is 371 g/mol. The van der Waals surface area contributed by atoms with E-state index in [0.717, 1.165) is 12.1 Å². The van der Waals surface area contributed by atoms with E-state index in [1.807, 2.05) is 0 Å². The third kappa shape index (κ3) is 2.99. The molecule has 0 aliphatic carbocycles. The highest BCUT2D eigenvalue weighted by Crippen LogP contribution is 2.32. The van der Waals surface area contributed by atoms with Gasteiger partial charge in [0.25, 0.3) is 0 Å². The molecular weight excluding hydrogens is 359 g/mol. The number of nitrogens with zero attached hydrogens (tertiary/aromatic N) is 2. The Labute approximate surface area is 150 Å². The number of rotatable bonds is 2. The first-order valence-electron chi connectivity index (χ1n) is 7.91. The number of nitrogens with one attached hydrogen (secondary N) is 1. The number of aromatic amines is 1. The maximum atomic E-state index is 12.9. The molecule has 0 radical (unpaired) electrons. The molecule has 0 aliphatic rings. The number of alkyl halides is 3. The van der Waals surface area contributed by atoms with Crippen molar-refractivity contribution in [3.05, 3.63) is 59.8 Å². The van der Waals surface area contributed by atoms with Gasteiger partial charge in [0.15, 0.2) is 0 Å². The summed E-state index contributed by atoms with van der Waals surface area (Å²) in [5.74, 6) is -0.212. The second-order valence-corrected chi connectivity index (χ2v) is 5.91. The Morgan fingerprint density at radius 2 is 1.96 bits per heavy atom. The van der Waals surface area contributed by atoms with Crippen molar-refractivity contribution in [3.63, 3.8) is 0 Å². The number of aromatic nitrogens is 3. The minimum absolute atomic E-state index is 0.252. The number of carbonyl (C=O) groups excluding carboxylic acids is 1. The third-order valence-electron chi connectivity index (χ3n) is 4.19. The lowest BCUT2D eigenvalue weighted by atomic mass is 10.0. The molecule has 136 valence electrons. The smallest absolute Gasteiger partial charge is 0.416 e. The molecular formula is C19H12F3N3O2. The van der Waals surface area contributed by atoms with Gasteiger partial charge in [-0.3, -0.25) is 4.98 Å². The Hall–Kier alpha value is -3.42. The predicted molar refractivity (Wildman–Crippen MR) is 93.2 cm³/mol. The molecule has 0 saturated carbocycles. The number of methoxy groups -OCH3 is 1. The van der Waals surface area contributed by atoms with Crippen molar-refractivity contribution >= 4 is 27.9 Å². The van der Waals surface area contributed by atoms with Gasteiger partial charge in [-0.25, -0.2) is 9.78 Å². The first-order valence-corrected chi connectivity index (χ1v) is 7.91. The zero-order valence-corrected chi connectivity index (χ0v) is 14.0. The summed E-state index contributed by atoms with van der Waals surface area (Å²) in [6, 6.07) is 10.1. The maximum Gasteiger partial charge on any atom is 0.416 e. The molecule has 0 fully saturated rings. The van der Waals surface area contributed by atoms with Crippen LogP contribution in [0.4, 0.5) is 13.2 Å². The van der Waals surface area contributed by atoms with Crippen LogP contribution in [0, 0.1) is 0 Å². The summed E-state index contributed by atoms with van der Waals surface area (Å²) in [6.07, 6.45) is -2.87. The van der Waals surface area contributed by atoms with E-state index in [2.05, 4.69) is 15.0 Å². The molecule has 0 aliphatic heterocycles. The first-order chi connectivity index (χ1) is 12.9. The molecule has 4 rings (SSSR count). The summed E-state index contributed by atoms with van der Waals surface area (Å²) in [6.45, 7) is 0. The summed E-state index contributed by atoms with van der Waals surface area (Å²) in [4.78, 5) is 23.6. The van der Waals surface area contributed by atoms with E-state index in [1.165, 1.54) is 13.2 Å². The van der Waals surface area contributed by atoms with Crippen molar-refractivity contribution in [1.82, 2.24) is 15.0 Å². The van der Waals surface area contributed by atoms with E-state index >= 15 is 0 Å². The van der Waals surface area contributed by atoms with E-state index in [-0.39, 0.29) is 11.1 Å². The van der Waals surface area contributed by atoms with E-state index < -0.39 is 17.7 Å². The van der Waals surface area contributed by atoms with Gasteiger partial charge >= 0.3 is 12.1 Å². The average Bonchev–Trinajstić information content (AvgIpc) is 3.09. The second-order valence-electron chi connectivity index (χ2n) is 5.91. The number of H-pyrrole nitrogens is 1. The fourth-order valence-corrected chi connectivity index (χ4v) is 2.92. The van der Waals surface area contributed by atoms with Gasteiger partial charge in [0.05, 0.1) is 34.8 Å². The van der Waals surface area contributed by atoms with Crippen molar-refractivity contribution < 1.29 is 22.7 Å². The fraction of sp³-hybridized carbons (Fsp3) is 0.105. The lowest BCUT2D eigenvalue weighted by Gasteiger charge is -2.06. The van der Waals surface area contributed by atoms with Crippen LogP contribution in [0.25, 0.3) is 33.3 Å². The molecule has 2 heterocycles. The Morgan fingerprint density at radius 3 is 2.70 bits per heavy atom. The van der Waals surface area contributed by atoms with Crippen LogP contribution in [0.3, 0.4) is 0 Å². The maximum absolute atomic E-state index is 12.9. The van der Waals surface area contributed by atoms with Gasteiger partial charge in [0.2, 0.25) is 0 Å². The van der Waals surface area contributed by atoms with E-state index in [4.69, 9.17) is 4.74 Å². The van der Waals surface area contributed by atoms with E-state index in [0.29, 0.717) is 27.8 Å². The minimum Gasteiger partial charge on any atom is -0.465 e. The van der Waals surface area contributed by atoms with Crippen LogP contribution < -0.4 is 0 Å². The fourth-order valence-electron chi connectivity index (χ4n) is 2.92. The lowest BCUT2D eigenvalue weighted by Crippen LogP contribution is -2.04. The molecule has 27 heavy (non-hydrogen) atoms. The van der Waals surface area contributed by atoms with Crippen molar-refractivity contribution in [2.24, 2.45) is 0 Å². The highest BCUT2D eigenvalue weighted by atomic mass is 19.4. The zero-order chi connectivity index (χ0) is 19.2. The molecule has 5 nitrogen and oxygen atoms in total. The van der Waals surface area contributed by atoms with Crippen LogP contribution in [-0.2, 0) is 10.9 Å². The molecule has 0 unspecified atom stereocenters. The van der Waals surface area contributed by atoms with Crippen LogP contribution >= 0.6 is 0 Å². The number of carbonyl (C=O) groups is 1. The first kappa shape index (κ1) is 17.0. The minimum atomic E-state index is -4.44. The van der Waals surface area contributed by atoms with E-state index in [9.17, 15) is 18.0 Å². The number of ether oxygens (including phenoxy) is 1. The molecule has 1 N–H and O–H groups in total. The molecule has 2 aromatic heterocycles. The molecule has 2 aromatic carbocycles. The van der Waals surface area contributed by atoms with Gasteiger partial charge in [-0.05, 0) is 36.4 Å². The normalized spacial score (nSPS) is 11.9. The molecule has 8 heteroatoms. The number of benzene rings is 2. The zero-order valence-electron chi connectivity index (χ0n) is 14.0. The molecule has 0 spiro atoms. The highest BCUT2D eigenvalue weighted by molar-refractivity contribution is 6.04. The molecule has 4 aromatic rings. The van der Waals surface area contributed by atoms with Crippen molar-refractivity contribution in [1.29, 1.82) is 0 Å². The number of halogens is 3. The monoisotopic (exact) mass is 371 g/mol. The topological polar surface area (TPSA) is 67.9 Å². The number of imidazole rings is 1. The van der Waals surface area contributed by atoms with Crippen LogP contribution in [0.15, 0.2) is 48.7 Å². The number of pyridine rings is 1. The summed E-state index contributed by atoms with van der Waals surface area (Å²) in [5, 5.41) is 0.687. The van der Waals surface area contributed by atoms with Crippen LogP contribution in [0.5, 0.6) is 0 Å². The Morgan fingerprint density at radius 1 is 1.15 bits per heavy atom. The molecule has 0 saturated heterocycles. The molecule has 0 atom stereocenters. The summed E-state index contributed by atoms with van der Waals surface area (Å²) < 4.78 is 43.5. The van der Waals surface area contributed by atoms with Gasteiger partial charge < -0.3 is 9.72 Å². The van der Waals surface area contributed by atoms with Crippen LogP contribution in [0.1, 0.15) is 15.9 Å². The Bertz CT molecular complexity index is 1180. The quantitative estimate of drug-likeness (QED) is 0.524. The van der Waals surface area contributed by atoms with Crippen molar-refractivity contribution in [2.75, 3.05) is 7.11 Å². The lowest BCUT2D eigenvalue weighted by molar-refractivity contribution is -0.137. The van der Waals surface area contributed by atoms with Crippen molar-refractivity contribution in [3.8, 4) is 11.4 Å². The van der Waals surface area contributed by atoms with Gasteiger partial charge in [-0.2, -0.15) is 13.2 Å².